The molecule has 15 heavy (non-hydrogen) atoms. The predicted octanol–water partition coefficient (Wildman–Crippen LogP) is 2.65. The summed E-state index contributed by atoms with van der Waals surface area (Å²) in [5.41, 5.74) is 1.40. The maximum Gasteiger partial charge on any atom is 0.0578 e. The van der Waals surface area contributed by atoms with E-state index in [2.05, 4.69) is 49.4 Å². The van der Waals surface area contributed by atoms with Gasteiger partial charge in [-0.25, -0.2) is 0 Å². The standard InChI is InChI=1S/C13H17N.ClH/c1-4-10-14-13(2,3)11-12-8-6-5-7-9-12;/h1,5-9,14H,10-11H2,2-3H3;1H. The van der Waals surface area contributed by atoms with Crippen LogP contribution in [0.4, 0.5) is 0 Å². The predicted molar refractivity (Wildman–Crippen MR) is 68.3 cm³/mol. The number of nitrogens with one attached hydrogen (secondary N) is 1. The zero-order chi connectivity index (χ0) is 10.4. The topological polar surface area (TPSA) is 12.0 Å². The number of benzene rings is 1. The van der Waals surface area contributed by atoms with Crippen LogP contribution in [0, 0.1) is 12.3 Å². The lowest BCUT2D eigenvalue weighted by Gasteiger charge is -2.25. The third kappa shape index (κ3) is 5.47. The molecule has 0 saturated heterocycles. The molecule has 1 N–H and O–H groups in total. The van der Waals surface area contributed by atoms with Gasteiger partial charge in [0.05, 0.1) is 6.54 Å². The van der Waals surface area contributed by atoms with Gasteiger partial charge < -0.3 is 5.32 Å². The Balaban J connectivity index is 0.00000196. The molecule has 0 fully saturated rings. The molecule has 0 spiro atoms. The second-order valence-corrected chi connectivity index (χ2v) is 4.10. The highest BCUT2D eigenvalue weighted by Crippen LogP contribution is 2.11. The molecule has 1 rings (SSSR count). The van der Waals surface area contributed by atoms with E-state index in [1.165, 1.54) is 5.56 Å². The third-order valence-corrected chi connectivity index (χ3v) is 2.16. The Morgan fingerprint density at radius 2 is 1.87 bits per heavy atom. The summed E-state index contributed by atoms with van der Waals surface area (Å²) in [5.74, 6) is 2.60. The Hall–Kier alpha value is -0.970. The minimum atomic E-state index is 0. The molecule has 0 aliphatic carbocycles. The van der Waals surface area contributed by atoms with E-state index in [0.29, 0.717) is 6.54 Å². The Kier molecular flexibility index (Phi) is 6.08. The summed E-state index contributed by atoms with van der Waals surface area (Å²) in [7, 11) is 0. The summed E-state index contributed by atoms with van der Waals surface area (Å²) < 4.78 is 0. The Bertz CT molecular complexity index is 311. The molecule has 0 atom stereocenters. The van der Waals surface area contributed by atoms with Gasteiger partial charge in [0.15, 0.2) is 0 Å². The third-order valence-electron chi connectivity index (χ3n) is 2.16. The summed E-state index contributed by atoms with van der Waals surface area (Å²) >= 11 is 0. The first-order valence-corrected chi connectivity index (χ1v) is 4.86. The van der Waals surface area contributed by atoms with Crippen molar-refractivity contribution >= 4 is 12.4 Å². The normalized spacial score (nSPS) is 10.2. The molecule has 1 aromatic carbocycles. The van der Waals surface area contributed by atoms with E-state index in [0.717, 1.165) is 6.42 Å². The van der Waals surface area contributed by atoms with Gasteiger partial charge in [-0.05, 0) is 25.8 Å². The van der Waals surface area contributed by atoms with E-state index in [1.54, 1.807) is 0 Å². The molecule has 82 valence electrons. The van der Waals surface area contributed by atoms with Gasteiger partial charge in [-0.3, -0.25) is 0 Å². The van der Waals surface area contributed by atoms with Crippen LogP contribution in [0.3, 0.4) is 0 Å². The minimum absolute atomic E-state index is 0. The van der Waals surface area contributed by atoms with Crippen molar-refractivity contribution in [1.29, 1.82) is 0 Å². The molecule has 0 aromatic heterocycles. The smallest absolute Gasteiger partial charge is 0.0578 e. The highest BCUT2D eigenvalue weighted by atomic mass is 35.5. The Morgan fingerprint density at radius 3 is 2.40 bits per heavy atom. The average molecular weight is 224 g/mol. The fourth-order valence-electron chi connectivity index (χ4n) is 1.46. The zero-order valence-electron chi connectivity index (χ0n) is 9.29. The fourth-order valence-corrected chi connectivity index (χ4v) is 1.46. The first-order chi connectivity index (χ1) is 6.64. The second kappa shape index (κ2) is 6.50. The molecule has 0 bridgehead atoms. The summed E-state index contributed by atoms with van der Waals surface area (Å²) in [6, 6.07) is 10.4. The lowest BCUT2D eigenvalue weighted by molar-refractivity contribution is 0.408. The summed E-state index contributed by atoms with van der Waals surface area (Å²) in [6.07, 6.45) is 6.21. The van der Waals surface area contributed by atoms with Gasteiger partial charge in [0.2, 0.25) is 0 Å². The highest BCUT2D eigenvalue weighted by Gasteiger charge is 2.16. The van der Waals surface area contributed by atoms with Gasteiger partial charge in [0.25, 0.3) is 0 Å². The van der Waals surface area contributed by atoms with Crippen molar-refractivity contribution < 1.29 is 0 Å². The zero-order valence-corrected chi connectivity index (χ0v) is 10.1. The number of rotatable bonds is 4. The van der Waals surface area contributed by atoms with Crippen molar-refractivity contribution in [2.75, 3.05) is 6.54 Å². The van der Waals surface area contributed by atoms with Gasteiger partial charge in [-0.2, -0.15) is 0 Å². The Labute approximate surface area is 98.7 Å². The molecule has 0 unspecified atom stereocenters. The highest BCUT2D eigenvalue weighted by molar-refractivity contribution is 5.85. The molecule has 2 heteroatoms. The van der Waals surface area contributed by atoms with Crippen LogP contribution in [-0.4, -0.2) is 12.1 Å². The van der Waals surface area contributed by atoms with Crippen molar-refractivity contribution in [1.82, 2.24) is 5.32 Å². The molecular weight excluding hydrogens is 206 g/mol. The lowest BCUT2D eigenvalue weighted by Crippen LogP contribution is -2.41. The number of hydrogen-bond acceptors (Lipinski definition) is 1. The van der Waals surface area contributed by atoms with Crippen molar-refractivity contribution in [3.8, 4) is 12.3 Å². The number of hydrogen-bond donors (Lipinski definition) is 1. The second-order valence-electron chi connectivity index (χ2n) is 4.10. The fraction of sp³-hybridized carbons (Fsp3) is 0.385. The quantitative estimate of drug-likeness (QED) is 0.774. The number of halogens is 1. The summed E-state index contributed by atoms with van der Waals surface area (Å²) in [4.78, 5) is 0. The molecular formula is C13H18ClN. The van der Waals surface area contributed by atoms with Crippen LogP contribution in [0.2, 0.25) is 0 Å². The molecule has 1 nitrogen and oxygen atoms in total. The molecule has 0 aliphatic rings. The van der Waals surface area contributed by atoms with Crippen molar-refractivity contribution in [2.24, 2.45) is 0 Å². The van der Waals surface area contributed by atoms with Crippen LogP contribution in [0.25, 0.3) is 0 Å². The molecule has 0 radical (unpaired) electrons. The maximum atomic E-state index is 5.22. The van der Waals surface area contributed by atoms with Gasteiger partial charge in [-0.15, -0.1) is 18.8 Å². The van der Waals surface area contributed by atoms with E-state index in [4.69, 9.17) is 6.42 Å². The summed E-state index contributed by atoms with van der Waals surface area (Å²) in [6.45, 7) is 4.95. The molecule has 0 aliphatic heterocycles. The molecule has 0 heterocycles. The van der Waals surface area contributed by atoms with E-state index in [1.807, 2.05) is 6.07 Å². The van der Waals surface area contributed by atoms with Crippen LogP contribution < -0.4 is 5.32 Å². The van der Waals surface area contributed by atoms with Crippen LogP contribution >= 0.6 is 12.4 Å². The monoisotopic (exact) mass is 223 g/mol. The largest absolute Gasteiger partial charge is 0.301 e. The van der Waals surface area contributed by atoms with E-state index >= 15 is 0 Å². The molecule has 1 aromatic rings. The van der Waals surface area contributed by atoms with Gasteiger partial charge in [-0.1, -0.05) is 36.3 Å². The molecule has 0 amide bonds. The van der Waals surface area contributed by atoms with Gasteiger partial charge in [0, 0.05) is 5.54 Å². The first-order valence-electron chi connectivity index (χ1n) is 4.86. The van der Waals surface area contributed by atoms with Gasteiger partial charge in [0.1, 0.15) is 0 Å². The maximum absolute atomic E-state index is 5.22. The van der Waals surface area contributed by atoms with Crippen LogP contribution in [-0.2, 0) is 6.42 Å². The molecule has 0 saturated carbocycles. The van der Waals surface area contributed by atoms with Crippen molar-refractivity contribution in [3.05, 3.63) is 35.9 Å². The van der Waals surface area contributed by atoms with Crippen LogP contribution in [0.1, 0.15) is 19.4 Å². The van der Waals surface area contributed by atoms with Crippen molar-refractivity contribution in [3.63, 3.8) is 0 Å². The van der Waals surface area contributed by atoms with Gasteiger partial charge >= 0.3 is 0 Å². The van der Waals surface area contributed by atoms with E-state index in [9.17, 15) is 0 Å². The first kappa shape index (κ1) is 14.0. The SMILES string of the molecule is C#CCNC(C)(C)Cc1ccccc1.Cl. The van der Waals surface area contributed by atoms with E-state index in [-0.39, 0.29) is 17.9 Å². The number of terminal acetylenes is 1. The Morgan fingerprint density at radius 1 is 1.27 bits per heavy atom. The summed E-state index contributed by atoms with van der Waals surface area (Å²) in [5, 5.41) is 3.32. The average Bonchev–Trinajstić information content (AvgIpc) is 2.16. The van der Waals surface area contributed by atoms with Crippen LogP contribution in [0.15, 0.2) is 30.3 Å². The van der Waals surface area contributed by atoms with Crippen LogP contribution in [0.5, 0.6) is 0 Å². The van der Waals surface area contributed by atoms with E-state index < -0.39 is 0 Å². The van der Waals surface area contributed by atoms with Crippen molar-refractivity contribution in [2.45, 2.75) is 25.8 Å². The minimum Gasteiger partial charge on any atom is -0.301 e. The lowest BCUT2D eigenvalue weighted by atomic mass is 9.95.